The Hall–Kier alpha value is -1.88. The summed E-state index contributed by atoms with van der Waals surface area (Å²) in [5.41, 5.74) is -0.153. The van der Waals surface area contributed by atoms with Crippen LogP contribution in [0.3, 0.4) is 0 Å². The number of carbonyl (C=O) groups excluding carboxylic acids is 2. The van der Waals surface area contributed by atoms with Crippen molar-refractivity contribution in [1.82, 2.24) is 5.32 Å². The normalized spacial score (nSPS) is 16.8. The van der Waals surface area contributed by atoms with Gasteiger partial charge in [-0.25, -0.2) is 4.79 Å². The zero-order valence-corrected chi connectivity index (χ0v) is 13.3. The predicted octanol–water partition coefficient (Wildman–Crippen LogP) is 2.11. The second-order valence-corrected chi connectivity index (χ2v) is 5.42. The van der Waals surface area contributed by atoms with Crippen LogP contribution in [0.25, 0.3) is 0 Å². The van der Waals surface area contributed by atoms with Gasteiger partial charge in [-0.1, -0.05) is 25.1 Å². The summed E-state index contributed by atoms with van der Waals surface area (Å²) in [5.74, 6) is -0.358. The van der Waals surface area contributed by atoms with Gasteiger partial charge in [-0.05, 0) is 45.0 Å². The fourth-order valence-corrected chi connectivity index (χ4v) is 2.99. The van der Waals surface area contributed by atoms with E-state index in [4.69, 9.17) is 4.74 Å². The molecule has 0 unspecified atom stereocenters. The highest BCUT2D eigenvalue weighted by molar-refractivity contribution is 6.02. The molecule has 2 rings (SSSR count). The number of nitrogens with zero attached hydrogens (tertiary/aromatic N) is 1. The zero-order chi connectivity index (χ0) is 16.0. The van der Waals surface area contributed by atoms with Crippen molar-refractivity contribution < 1.29 is 14.3 Å². The largest absolute Gasteiger partial charge is 0.464 e. The molecular weight excluding hydrogens is 280 g/mol. The molecular formula is C17H24N2O3. The summed E-state index contributed by atoms with van der Waals surface area (Å²) in [6, 6.07) is 9.40. The van der Waals surface area contributed by atoms with Gasteiger partial charge in [0.05, 0.1) is 6.61 Å². The van der Waals surface area contributed by atoms with Gasteiger partial charge >= 0.3 is 5.97 Å². The maximum atomic E-state index is 12.7. The third kappa shape index (κ3) is 3.14. The van der Waals surface area contributed by atoms with E-state index in [2.05, 4.69) is 5.32 Å². The molecule has 1 amide bonds. The molecule has 1 heterocycles. The van der Waals surface area contributed by atoms with Crippen LogP contribution in [0.1, 0.15) is 33.1 Å². The summed E-state index contributed by atoms with van der Waals surface area (Å²) >= 11 is 0. The van der Waals surface area contributed by atoms with Crippen LogP contribution in [0.2, 0.25) is 0 Å². The lowest BCUT2D eigenvalue weighted by molar-refractivity contribution is -0.152. The number of para-hydroxylation sites is 1. The first-order chi connectivity index (χ1) is 10.7. The van der Waals surface area contributed by atoms with E-state index in [9.17, 15) is 9.59 Å². The van der Waals surface area contributed by atoms with Crippen molar-refractivity contribution in [2.45, 2.75) is 38.6 Å². The first-order valence-electron chi connectivity index (χ1n) is 7.91. The Morgan fingerprint density at radius 1 is 1.18 bits per heavy atom. The van der Waals surface area contributed by atoms with Crippen LogP contribution < -0.4 is 10.2 Å². The van der Waals surface area contributed by atoms with Gasteiger partial charge in [0.15, 0.2) is 0 Å². The molecule has 1 fully saturated rings. The quantitative estimate of drug-likeness (QED) is 0.847. The number of rotatable bonds is 5. The molecule has 0 aromatic heterocycles. The van der Waals surface area contributed by atoms with Gasteiger partial charge in [0.2, 0.25) is 5.91 Å². The van der Waals surface area contributed by atoms with E-state index in [0.717, 1.165) is 5.69 Å². The van der Waals surface area contributed by atoms with Crippen LogP contribution in [0, 0.1) is 0 Å². The standard InChI is InChI=1S/C17H24N2O3/c1-3-15(20)19(14-8-6-5-7-9-14)17(16(21)22-4-2)10-12-18-13-11-17/h5-9,18H,3-4,10-13H2,1-2H3. The maximum absolute atomic E-state index is 12.7. The number of hydrogen-bond acceptors (Lipinski definition) is 4. The van der Waals surface area contributed by atoms with Gasteiger partial charge < -0.3 is 10.1 Å². The summed E-state index contributed by atoms with van der Waals surface area (Å²) in [4.78, 5) is 27.0. The molecule has 120 valence electrons. The number of hydrogen-bond donors (Lipinski definition) is 1. The van der Waals surface area contributed by atoms with E-state index in [1.807, 2.05) is 37.3 Å². The Labute approximate surface area is 131 Å². The van der Waals surface area contributed by atoms with Crippen molar-refractivity contribution in [2.75, 3.05) is 24.6 Å². The third-order valence-electron chi connectivity index (χ3n) is 4.08. The van der Waals surface area contributed by atoms with E-state index in [-0.39, 0.29) is 11.9 Å². The third-order valence-corrected chi connectivity index (χ3v) is 4.08. The van der Waals surface area contributed by atoms with Crippen LogP contribution in [0.15, 0.2) is 30.3 Å². The molecule has 0 saturated carbocycles. The molecule has 1 N–H and O–H groups in total. The number of ether oxygens (including phenoxy) is 1. The first kappa shape index (κ1) is 16.5. The van der Waals surface area contributed by atoms with Crippen LogP contribution in [0.5, 0.6) is 0 Å². The zero-order valence-electron chi connectivity index (χ0n) is 13.3. The van der Waals surface area contributed by atoms with Crippen LogP contribution in [0.4, 0.5) is 5.69 Å². The Morgan fingerprint density at radius 2 is 1.82 bits per heavy atom. The van der Waals surface area contributed by atoms with Crippen molar-refractivity contribution in [3.05, 3.63) is 30.3 Å². The average molecular weight is 304 g/mol. The number of anilines is 1. The minimum Gasteiger partial charge on any atom is -0.464 e. The second-order valence-electron chi connectivity index (χ2n) is 5.42. The van der Waals surface area contributed by atoms with Gasteiger partial charge in [0.1, 0.15) is 5.54 Å². The number of nitrogens with one attached hydrogen (secondary N) is 1. The average Bonchev–Trinajstić information content (AvgIpc) is 2.57. The summed E-state index contributed by atoms with van der Waals surface area (Å²) < 4.78 is 5.32. The van der Waals surface area contributed by atoms with E-state index in [0.29, 0.717) is 39.0 Å². The van der Waals surface area contributed by atoms with E-state index >= 15 is 0 Å². The number of amides is 1. The monoisotopic (exact) mass is 304 g/mol. The van der Waals surface area contributed by atoms with Gasteiger partial charge in [-0.2, -0.15) is 0 Å². The molecule has 1 aromatic carbocycles. The molecule has 0 aliphatic carbocycles. The number of esters is 1. The van der Waals surface area contributed by atoms with E-state index < -0.39 is 5.54 Å². The summed E-state index contributed by atoms with van der Waals surface area (Å²) in [6.45, 7) is 5.31. The molecule has 22 heavy (non-hydrogen) atoms. The van der Waals surface area contributed by atoms with Crippen molar-refractivity contribution >= 4 is 17.6 Å². The SMILES string of the molecule is CCOC(=O)C1(N(C(=O)CC)c2ccccc2)CCNCC1. The Kier molecular flexibility index (Phi) is 5.55. The molecule has 5 heteroatoms. The van der Waals surface area contributed by atoms with Crippen molar-refractivity contribution in [2.24, 2.45) is 0 Å². The molecule has 0 radical (unpaired) electrons. The van der Waals surface area contributed by atoms with Gasteiger partial charge in [-0.15, -0.1) is 0 Å². The van der Waals surface area contributed by atoms with Gasteiger partial charge in [0.25, 0.3) is 0 Å². The molecule has 0 spiro atoms. The summed E-state index contributed by atoms with van der Waals surface area (Å²) in [6.07, 6.45) is 1.47. The number of piperidine rings is 1. The number of benzene rings is 1. The highest BCUT2D eigenvalue weighted by Crippen LogP contribution is 2.33. The van der Waals surface area contributed by atoms with Crippen LogP contribution in [-0.2, 0) is 14.3 Å². The summed E-state index contributed by atoms with van der Waals surface area (Å²) in [5, 5.41) is 3.25. The topological polar surface area (TPSA) is 58.6 Å². The molecule has 1 aliphatic heterocycles. The van der Waals surface area contributed by atoms with Crippen LogP contribution >= 0.6 is 0 Å². The van der Waals surface area contributed by atoms with Crippen LogP contribution in [-0.4, -0.2) is 37.1 Å². The Bertz CT molecular complexity index is 510. The fraction of sp³-hybridized carbons (Fsp3) is 0.529. The molecule has 5 nitrogen and oxygen atoms in total. The second kappa shape index (κ2) is 7.40. The highest BCUT2D eigenvalue weighted by atomic mass is 16.5. The molecule has 0 atom stereocenters. The molecule has 0 bridgehead atoms. The fourth-order valence-electron chi connectivity index (χ4n) is 2.99. The first-order valence-corrected chi connectivity index (χ1v) is 7.91. The molecule has 1 saturated heterocycles. The Morgan fingerprint density at radius 3 is 2.36 bits per heavy atom. The lowest BCUT2D eigenvalue weighted by atomic mass is 9.85. The van der Waals surface area contributed by atoms with Gasteiger partial charge in [0, 0.05) is 12.1 Å². The van der Waals surface area contributed by atoms with Crippen molar-refractivity contribution in [1.29, 1.82) is 0 Å². The minimum absolute atomic E-state index is 0.0545. The number of carbonyl (C=O) groups is 2. The maximum Gasteiger partial charge on any atom is 0.332 e. The minimum atomic E-state index is -0.907. The lowest BCUT2D eigenvalue weighted by Crippen LogP contribution is -2.62. The van der Waals surface area contributed by atoms with Crippen molar-refractivity contribution in [3.8, 4) is 0 Å². The van der Waals surface area contributed by atoms with E-state index in [1.54, 1.807) is 11.8 Å². The molecule has 1 aromatic rings. The lowest BCUT2D eigenvalue weighted by Gasteiger charge is -2.44. The summed E-state index contributed by atoms with van der Waals surface area (Å²) in [7, 11) is 0. The Balaban J connectivity index is 2.48. The molecule has 1 aliphatic rings. The van der Waals surface area contributed by atoms with E-state index in [1.165, 1.54) is 0 Å². The highest BCUT2D eigenvalue weighted by Gasteiger charge is 2.48. The van der Waals surface area contributed by atoms with Gasteiger partial charge in [-0.3, -0.25) is 9.69 Å². The van der Waals surface area contributed by atoms with Crippen molar-refractivity contribution in [3.63, 3.8) is 0 Å². The smallest absolute Gasteiger partial charge is 0.332 e. The predicted molar refractivity (Wildman–Crippen MR) is 85.7 cm³/mol.